The number of esters is 1. The molecule has 2 amide bonds. The second-order valence-corrected chi connectivity index (χ2v) is 12.3. The van der Waals surface area contributed by atoms with Gasteiger partial charge in [-0.15, -0.1) is 0 Å². The molecule has 1 atom stereocenters. The highest BCUT2D eigenvalue weighted by Gasteiger charge is 2.29. The van der Waals surface area contributed by atoms with E-state index in [2.05, 4.69) is 25.5 Å². The molecule has 0 bridgehead atoms. The first-order chi connectivity index (χ1) is 20.0. The summed E-state index contributed by atoms with van der Waals surface area (Å²) in [4.78, 5) is 44.3. The molecule has 0 aromatic carbocycles. The minimum atomic E-state index is -0.241. The van der Waals surface area contributed by atoms with Crippen molar-refractivity contribution in [3.63, 3.8) is 0 Å². The van der Waals surface area contributed by atoms with Gasteiger partial charge in [0.05, 0.1) is 45.9 Å². The number of carbonyl (C=O) groups is 4. The fourth-order valence-corrected chi connectivity index (χ4v) is 2.44. The van der Waals surface area contributed by atoms with Crippen molar-refractivity contribution < 1.29 is 38.1 Å². The van der Waals surface area contributed by atoms with Crippen LogP contribution in [-0.4, -0.2) is 75.7 Å². The summed E-state index contributed by atoms with van der Waals surface area (Å²) in [7, 11) is 4.56. The van der Waals surface area contributed by atoms with Gasteiger partial charge in [0.15, 0.2) is 5.78 Å². The fraction of sp³-hybridized carbons (Fsp3) is 0.657. The molecule has 3 aliphatic rings. The number of allylic oxidation sites excluding steroid dienone is 5. The predicted octanol–water partition coefficient (Wildman–Crippen LogP) is 7.16. The second kappa shape index (κ2) is 22.5. The van der Waals surface area contributed by atoms with Crippen LogP contribution in [-0.2, 0) is 38.1 Å². The van der Waals surface area contributed by atoms with Gasteiger partial charge in [-0.1, -0.05) is 25.0 Å². The summed E-state index contributed by atoms with van der Waals surface area (Å²) in [6, 6.07) is 0. The van der Waals surface area contributed by atoms with E-state index in [4.69, 9.17) is 14.2 Å². The molecule has 3 rings (SSSR count). The number of nitrogens with zero attached hydrogens (tertiary/aromatic N) is 1. The Kier molecular flexibility index (Phi) is 23.2. The molecular weight excluding hydrogens is 562 g/mol. The van der Waals surface area contributed by atoms with Gasteiger partial charge in [-0.2, -0.15) is 0 Å². The van der Waals surface area contributed by atoms with Crippen LogP contribution in [0.15, 0.2) is 44.8 Å². The lowest BCUT2D eigenvalue weighted by Crippen LogP contribution is -2.36. The Morgan fingerprint density at radius 3 is 1.14 bits per heavy atom. The van der Waals surface area contributed by atoms with E-state index < -0.39 is 0 Å². The van der Waals surface area contributed by atoms with Gasteiger partial charge in [0.2, 0.25) is 0 Å². The minimum absolute atomic E-state index is 0.171. The molecule has 44 heavy (non-hydrogen) atoms. The van der Waals surface area contributed by atoms with Crippen LogP contribution in [0.1, 0.15) is 104 Å². The van der Waals surface area contributed by atoms with Crippen molar-refractivity contribution in [2.45, 2.75) is 110 Å². The number of Topliss-reactive ketones (excluding diaryl/α,β-unsaturated/α-hetero) is 1. The van der Waals surface area contributed by atoms with Gasteiger partial charge in [-0.05, 0) is 101 Å². The maximum Gasteiger partial charge on any atom is 0.333 e. The summed E-state index contributed by atoms with van der Waals surface area (Å²) in [6.45, 7) is 31.5. The van der Waals surface area contributed by atoms with Gasteiger partial charge in [0, 0.05) is 29.2 Å². The van der Waals surface area contributed by atoms with E-state index in [1.807, 2.05) is 55.4 Å². The second-order valence-electron chi connectivity index (χ2n) is 12.3. The van der Waals surface area contributed by atoms with Gasteiger partial charge in [0.1, 0.15) is 0 Å². The molecule has 0 spiro atoms. The molecule has 3 heterocycles. The molecule has 0 aromatic rings. The molecule has 1 unspecified atom stereocenters. The lowest BCUT2D eigenvalue weighted by Gasteiger charge is -2.33. The first-order valence-electron chi connectivity index (χ1n) is 14.7. The molecule has 3 aliphatic heterocycles. The molecule has 0 aromatic heterocycles. The largest absolute Gasteiger partial charge is 0.501 e. The Morgan fingerprint density at radius 1 is 0.750 bits per heavy atom. The van der Waals surface area contributed by atoms with Crippen molar-refractivity contribution in [3.8, 4) is 0 Å². The number of amides is 2. The third kappa shape index (κ3) is 20.8. The highest BCUT2D eigenvalue weighted by molar-refractivity contribution is 6.18. The Hall–Kier alpha value is -3.04. The molecule has 2 fully saturated rings. The highest BCUT2D eigenvalue weighted by atomic mass is 16.6. The van der Waals surface area contributed by atoms with Crippen LogP contribution in [0.4, 0.5) is 0 Å². The molecule has 0 saturated carbocycles. The topological polar surface area (TPSA) is 112 Å². The normalized spacial score (nSPS) is 16.5. The summed E-state index contributed by atoms with van der Waals surface area (Å²) < 4.78 is 19.0. The molecule has 0 radical (unpaired) electrons. The molecule has 9 heteroatoms. The molecule has 0 N–H and O–H groups in total. The molecule has 2 saturated heterocycles. The van der Waals surface area contributed by atoms with Crippen molar-refractivity contribution in [2.24, 2.45) is 5.41 Å². The number of carbonyl (C=O) groups excluding carboxylic acids is 4. The van der Waals surface area contributed by atoms with Crippen LogP contribution in [0, 0.1) is 5.41 Å². The number of rotatable bonds is 3. The summed E-state index contributed by atoms with van der Waals surface area (Å²) in [6.07, 6.45) is 0.583. The highest BCUT2D eigenvalue weighted by Crippen LogP contribution is 2.24. The molecule has 0 aliphatic carbocycles. The number of hydrogen-bond acceptors (Lipinski definition) is 8. The summed E-state index contributed by atoms with van der Waals surface area (Å²) in [5, 5.41) is 0. The van der Waals surface area contributed by atoms with Gasteiger partial charge >= 0.3 is 5.97 Å². The van der Waals surface area contributed by atoms with Crippen molar-refractivity contribution in [1.29, 1.82) is 0 Å². The number of methoxy groups -OCH3 is 2. The Labute approximate surface area is 267 Å². The SMILES string of the molecule is CC(=O)C(C)=C(C)C.CC1(C)COC1.CC1=C(C)C(=O)N(C)C1=O.CC1CO1.COC(=O)C(C)=C(C)C.COC(C)=C(C)C. The monoisotopic (exact) mass is 623 g/mol. The quantitative estimate of drug-likeness (QED) is 0.107. The lowest BCUT2D eigenvalue weighted by molar-refractivity contribution is -0.137. The van der Waals surface area contributed by atoms with Crippen LogP contribution >= 0.6 is 0 Å². The third-order valence-electron chi connectivity index (χ3n) is 6.83. The van der Waals surface area contributed by atoms with E-state index in [0.717, 1.165) is 47.2 Å². The summed E-state index contributed by atoms with van der Waals surface area (Å²) in [5.41, 5.74) is 6.55. The maximum atomic E-state index is 11.0. The number of imide groups is 1. The van der Waals surface area contributed by atoms with Crippen molar-refractivity contribution in [2.75, 3.05) is 41.1 Å². The van der Waals surface area contributed by atoms with Crippen LogP contribution in [0.25, 0.3) is 0 Å². The van der Waals surface area contributed by atoms with E-state index in [-0.39, 0.29) is 23.6 Å². The van der Waals surface area contributed by atoms with Crippen molar-refractivity contribution in [1.82, 2.24) is 4.90 Å². The Balaban J connectivity index is -0.000000466. The molecular formula is C35H61NO8. The number of likely N-dealkylation sites (N-methyl/N-ethyl adjacent to an activating group) is 1. The van der Waals surface area contributed by atoms with E-state index in [1.54, 1.807) is 34.8 Å². The van der Waals surface area contributed by atoms with Crippen LogP contribution < -0.4 is 0 Å². The van der Waals surface area contributed by atoms with E-state index in [1.165, 1.54) is 19.7 Å². The molecule has 254 valence electrons. The van der Waals surface area contributed by atoms with Crippen LogP contribution in [0.3, 0.4) is 0 Å². The van der Waals surface area contributed by atoms with Gasteiger partial charge in [0.25, 0.3) is 11.8 Å². The van der Waals surface area contributed by atoms with Gasteiger partial charge in [-0.25, -0.2) is 4.79 Å². The van der Waals surface area contributed by atoms with Crippen LogP contribution in [0.5, 0.6) is 0 Å². The number of hydrogen-bond donors (Lipinski definition) is 0. The predicted molar refractivity (Wildman–Crippen MR) is 178 cm³/mol. The zero-order valence-corrected chi connectivity index (χ0v) is 30.9. The Morgan fingerprint density at radius 2 is 1.09 bits per heavy atom. The Bertz CT molecular complexity index is 1060. The smallest absolute Gasteiger partial charge is 0.333 e. The maximum absolute atomic E-state index is 11.0. The van der Waals surface area contributed by atoms with E-state index >= 15 is 0 Å². The van der Waals surface area contributed by atoms with E-state index in [9.17, 15) is 19.2 Å². The zero-order valence-electron chi connectivity index (χ0n) is 30.9. The average molecular weight is 624 g/mol. The number of epoxide rings is 1. The standard InChI is InChI=1S/C7H9NO2.C7H12O2.C7H12O.C6H12O.C5H10O.C3H6O/c1-4-5(2)7(10)8(3)6(4)9;1-5(2)6(3)7(8)9-4;1-5(2)6(3)7(4)8;1-5(2)6(3)7-4;1-5(2)3-6-4-5;1-3-2-4-3/h1-3H3;1-4H3;1-4H3;1-4H3;3-4H2,1-2H3;3H,2H2,1H3. The van der Waals surface area contributed by atoms with E-state index in [0.29, 0.717) is 28.2 Å². The first-order valence-corrected chi connectivity index (χ1v) is 14.7. The fourth-order valence-electron chi connectivity index (χ4n) is 2.44. The third-order valence-corrected chi connectivity index (χ3v) is 6.83. The number of ketones is 1. The molecule has 9 nitrogen and oxygen atoms in total. The first kappa shape index (κ1) is 45.4. The van der Waals surface area contributed by atoms with Crippen molar-refractivity contribution >= 4 is 23.6 Å². The zero-order chi connectivity index (χ0) is 35.5. The summed E-state index contributed by atoms with van der Waals surface area (Å²) >= 11 is 0. The van der Waals surface area contributed by atoms with Gasteiger partial charge < -0.3 is 18.9 Å². The van der Waals surface area contributed by atoms with Crippen LogP contribution in [0.2, 0.25) is 0 Å². The number of ether oxygens (including phenoxy) is 4. The lowest BCUT2D eigenvalue weighted by atomic mass is 9.92. The minimum Gasteiger partial charge on any atom is -0.501 e. The average Bonchev–Trinajstić information content (AvgIpc) is 3.72. The van der Waals surface area contributed by atoms with Crippen molar-refractivity contribution in [3.05, 3.63) is 44.8 Å². The summed E-state index contributed by atoms with van der Waals surface area (Å²) in [5.74, 6) is 0.588. The van der Waals surface area contributed by atoms with Gasteiger partial charge in [-0.3, -0.25) is 19.3 Å².